The molecule has 1 N–H and O–H groups in total. The first kappa shape index (κ1) is 15.9. The first-order valence-electron chi connectivity index (χ1n) is 6.68. The SMILES string of the molecule is CN(Cc1ccc2c(c1)OCO2)C(=O)C1COCCN1.Cl. The Kier molecular flexibility index (Phi) is 5.27. The van der Waals surface area contributed by atoms with Crippen LogP contribution >= 0.6 is 12.4 Å². The van der Waals surface area contributed by atoms with Crippen LogP contribution in [0.5, 0.6) is 11.5 Å². The molecule has 0 aliphatic carbocycles. The highest BCUT2D eigenvalue weighted by Crippen LogP contribution is 2.32. The number of amides is 1. The van der Waals surface area contributed by atoms with Gasteiger partial charge in [-0.2, -0.15) is 0 Å². The standard InChI is InChI=1S/C14H18N2O4.ClH/c1-16(14(17)11-8-18-5-4-15-11)7-10-2-3-12-13(6-10)20-9-19-12;/h2-3,6,11,15H,4-5,7-9H2,1H3;1H. The number of fused-ring (bicyclic) bond motifs is 1. The van der Waals surface area contributed by atoms with Gasteiger partial charge < -0.3 is 24.4 Å². The molecule has 0 spiro atoms. The summed E-state index contributed by atoms with van der Waals surface area (Å²) in [5, 5.41) is 3.17. The van der Waals surface area contributed by atoms with Crippen LogP contribution in [0.4, 0.5) is 0 Å². The van der Waals surface area contributed by atoms with Crippen LogP contribution in [0.2, 0.25) is 0 Å². The largest absolute Gasteiger partial charge is 0.454 e. The van der Waals surface area contributed by atoms with Crippen molar-refractivity contribution < 1.29 is 19.0 Å². The van der Waals surface area contributed by atoms with Gasteiger partial charge in [0.2, 0.25) is 12.7 Å². The highest BCUT2D eigenvalue weighted by molar-refractivity contribution is 5.85. The third-order valence-electron chi connectivity index (χ3n) is 3.45. The zero-order valence-corrected chi connectivity index (χ0v) is 12.6. The number of carbonyl (C=O) groups excluding carboxylic acids is 1. The zero-order chi connectivity index (χ0) is 13.9. The van der Waals surface area contributed by atoms with Crippen LogP contribution < -0.4 is 14.8 Å². The molecule has 0 radical (unpaired) electrons. The number of rotatable bonds is 3. The Balaban J connectivity index is 0.00000161. The molecule has 2 aliphatic heterocycles. The van der Waals surface area contributed by atoms with E-state index in [1.165, 1.54) is 0 Å². The van der Waals surface area contributed by atoms with Gasteiger partial charge in [-0.15, -0.1) is 12.4 Å². The second-order valence-electron chi connectivity index (χ2n) is 4.96. The number of ether oxygens (including phenoxy) is 3. The number of likely N-dealkylation sites (N-methyl/N-ethyl adjacent to an activating group) is 1. The molecule has 7 heteroatoms. The second-order valence-corrected chi connectivity index (χ2v) is 4.96. The summed E-state index contributed by atoms with van der Waals surface area (Å²) in [5.74, 6) is 1.54. The summed E-state index contributed by atoms with van der Waals surface area (Å²) in [5.41, 5.74) is 1.02. The van der Waals surface area contributed by atoms with E-state index in [2.05, 4.69) is 5.32 Å². The van der Waals surface area contributed by atoms with Crippen molar-refractivity contribution in [1.82, 2.24) is 10.2 Å². The summed E-state index contributed by atoms with van der Waals surface area (Å²) in [7, 11) is 1.79. The summed E-state index contributed by atoms with van der Waals surface area (Å²) in [6.07, 6.45) is 0. The smallest absolute Gasteiger partial charge is 0.242 e. The highest BCUT2D eigenvalue weighted by atomic mass is 35.5. The normalized spacial score (nSPS) is 19.8. The zero-order valence-electron chi connectivity index (χ0n) is 11.8. The number of morpholine rings is 1. The Morgan fingerprint density at radius 3 is 2.95 bits per heavy atom. The Bertz CT molecular complexity index is 506. The minimum Gasteiger partial charge on any atom is -0.454 e. The van der Waals surface area contributed by atoms with Crippen molar-refractivity contribution in [1.29, 1.82) is 0 Å². The summed E-state index contributed by atoms with van der Waals surface area (Å²) < 4.78 is 15.9. The predicted molar refractivity (Wildman–Crippen MR) is 78.9 cm³/mol. The van der Waals surface area contributed by atoms with Crippen molar-refractivity contribution in [3.8, 4) is 11.5 Å². The fraction of sp³-hybridized carbons (Fsp3) is 0.500. The van der Waals surface area contributed by atoms with Crippen LogP contribution in [-0.4, -0.2) is 50.4 Å². The van der Waals surface area contributed by atoms with Crippen LogP contribution in [0, 0.1) is 0 Å². The van der Waals surface area contributed by atoms with Crippen molar-refractivity contribution >= 4 is 18.3 Å². The molecule has 1 saturated heterocycles. The molecule has 2 aliphatic rings. The molecule has 0 saturated carbocycles. The van der Waals surface area contributed by atoms with E-state index in [1.54, 1.807) is 11.9 Å². The fourth-order valence-corrected chi connectivity index (χ4v) is 2.38. The van der Waals surface area contributed by atoms with Crippen LogP contribution in [-0.2, 0) is 16.1 Å². The maximum atomic E-state index is 12.3. The Hall–Kier alpha value is -1.50. The molecule has 1 atom stereocenters. The Morgan fingerprint density at radius 1 is 1.38 bits per heavy atom. The molecule has 3 rings (SSSR count). The highest BCUT2D eigenvalue weighted by Gasteiger charge is 2.24. The number of nitrogens with one attached hydrogen (secondary N) is 1. The molecular formula is C14H19ClN2O4. The molecular weight excluding hydrogens is 296 g/mol. The van der Waals surface area contributed by atoms with E-state index >= 15 is 0 Å². The summed E-state index contributed by atoms with van der Waals surface area (Å²) in [4.78, 5) is 14.0. The van der Waals surface area contributed by atoms with Crippen LogP contribution in [0.15, 0.2) is 18.2 Å². The first-order valence-corrected chi connectivity index (χ1v) is 6.68. The van der Waals surface area contributed by atoms with Gasteiger partial charge in [0.15, 0.2) is 11.5 Å². The number of carbonyl (C=O) groups is 1. The lowest BCUT2D eigenvalue weighted by Gasteiger charge is -2.27. The van der Waals surface area contributed by atoms with E-state index in [0.717, 1.165) is 17.1 Å². The van der Waals surface area contributed by atoms with Gasteiger partial charge in [-0.25, -0.2) is 0 Å². The van der Waals surface area contributed by atoms with E-state index < -0.39 is 0 Å². The van der Waals surface area contributed by atoms with Crippen LogP contribution in [0.1, 0.15) is 5.56 Å². The number of halogens is 1. The molecule has 1 aromatic carbocycles. The average molecular weight is 315 g/mol. The minimum atomic E-state index is -0.247. The maximum Gasteiger partial charge on any atom is 0.242 e. The van der Waals surface area contributed by atoms with Crippen molar-refractivity contribution in [2.24, 2.45) is 0 Å². The second kappa shape index (κ2) is 6.98. The van der Waals surface area contributed by atoms with Crippen LogP contribution in [0.3, 0.4) is 0 Å². The molecule has 1 aromatic rings. The van der Waals surface area contributed by atoms with Crippen molar-refractivity contribution in [2.45, 2.75) is 12.6 Å². The van der Waals surface area contributed by atoms with Gasteiger partial charge in [-0.1, -0.05) is 6.07 Å². The minimum absolute atomic E-state index is 0. The number of benzene rings is 1. The van der Waals surface area contributed by atoms with Gasteiger partial charge in [0.1, 0.15) is 6.04 Å². The van der Waals surface area contributed by atoms with Crippen molar-refractivity contribution in [2.75, 3.05) is 33.6 Å². The molecule has 1 amide bonds. The lowest BCUT2D eigenvalue weighted by atomic mass is 10.1. The third-order valence-corrected chi connectivity index (χ3v) is 3.45. The lowest BCUT2D eigenvalue weighted by Crippen LogP contribution is -2.51. The Morgan fingerprint density at radius 2 is 2.19 bits per heavy atom. The monoisotopic (exact) mass is 314 g/mol. The molecule has 0 aromatic heterocycles. The molecule has 116 valence electrons. The van der Waals surface area contributed by atoms with Gasteiger partial charge in [0.25, 0.3) is 0 Å². The lowest BCUT2D eigenvalue weighted by molar-refractivity contribution is -0.135. The summed E-state index contributed by atoms with van der Waals surface area (Å²) in [6.45, 7) is 2.61. The average Bonchev–Trinajstić information content (AvgIpc) is 2.95. The van der Waals surface area contributed by atoms with Crippen molar-refractivity contribution in [3.63, 3.8) is 0 Å². The van der Waals surface area contributed by atoms with Gasteiger partial charge >= 0.3 is 0 Å². The molecule has 2 heterocycles. The summed E-state index contributed by atoms with van der Waals surface area (Å²) >= 11 is 0. The third kappa shape index (κ3) is 3.58. The van der Waals surface area contributed by atoms with E-state index in [-0.39, 0.29) is 31.1 Å². The molecule has 21 heavy (non-hydrogen) atoms. The van der Waals surface area contributed by atoms with E-state index in [1.807, 2.05) is 18.2 Å². The Labute approximate surface area is 129 Å². The van der Waals surface area contributed by atoms with E-state index in [4.69, 9.17) is 14.2 Å². The van der Waals surface area contributed by atoms with Gasteiger partial charge in [0, 0.05) is 20.1 Å². The number of hydrogen-bond acceptors (Lipinski definition) is 5. The van der Waals surface area contributed by atoms with Gasteiger partial charge in [0.05, 0.1) is 13.2 Å². The van der Waals surface area contributed by atoms with Gasteiger partial charge in [-0.3, -0.25) is 4.79 Å². The number of nitrogens with zero attached hydrogens (tertiary/aromatic N) is 1. The molecule has 0 bridgehead atoms. The molecule has 6 nitrogen and oxygen atoms in total. The fourth-order valence-electron chi connectivity index (χ4n) is 2.38. The van der Waals surface area contributed by atoms with E-state index in [0.29, 0.717) is 26.3 Å². The van der Waals surface area contributed by atoms with E-state index in [9.17, 15) is 4.79 Å². The first-order chi connectivity index (χ1) is 9.74. The van der Waals surface area contributed by atoms with Gasteiger partial charge in [-0.05, 0) is 17.7 Å². The maximum absolute atomic E-state index is 12.3. The van der Waals surface area contributed by atoms with Crippen LogP contribution in [0.25, 0.3) is 0 Å². The topological polar surface area (TPSA) is 60.0 Å². The summed E-state index contributed by atoms with van der Waals surface area (Å²) in [6, 6.07) is 5.49. The van der Waals surface area contributed by atoms with Crippen molar-refractivity contribution in [3.05, 3.63) is 23.8 Å². The predicted octanol–water partition coefficient (Wildman–Crippen LogP) is 0.784. The molecule has 1 fully saturated rings. The number of hydrogen-bond donors (Lipinski definition) is 1. The molecule has 1 unspecified atom stereocenters. The quantitative estimate of drug-likeness (QED) is 0.893.